The lowest BCUT2D eigenvalue weighted by atomic mass is 9.99. The first-order valence-corrected chi connectivity index (χ1v) is 6.99. The van der Waals surface area contributed by atoms with E-state index in [4.69, 9.17) is 5.73 Å². The Hall–Kier alpha value is -1.55. The van der Waals surface area contributed by atoms with Gasteiger partial charge in [-0.15, -0.1) is 0 Å². The molecule has 2 rings (SSSR count). The molecule has 104 valence electrons. The molecule has 1 aliphatic rings. The summed E-state index contributed by atoms with van der Waals surface area (Å²) in [5.41, 5.74) is 7.12. The predicted molar refractivity (Wildman–Crippen MR) is 79.4 cm³/mol. The fraction of sp³-hybridized carbons (Fsp3) is 0.533. The molecule has 1 amide bonds. The van der Waals surface area contributed by atoms with Gasteiger partial charge in [0.25, 0.3) is 0 Å². The molecule has 0 radical (unpaired) electrons. The zero-order valence-corrected chi connectivity index (χ0v) is 11.8. The lowest BCUT2D eigenvalue weighted by molar-refractivity contribution is -0.120. The van der Waals surface area contributed by atoms with E-state index >= 15 is 0 Å². The van der Waals surface area contributed by atoms with Gasteiger partial charge in [0, 0.05) is 13.1 Å². The second kappa shape index (κ2) is 5.61. The minimum atomic E-state index is -0.821. The van der Waals surface area contributed by atoms with E-state index in [-0.39, 0.29) is 5.91 Å². The van der Waals surface area contributed by atoms with E-state index in [0.717, 1.165) is 24.5 Å². The Balaban J connectivity index is 2.18. The summed E-state index contributed by atoms with van der Waals surface area (Å²) >= 11 is 0. The van der Waals surface area contributed by atoms with Crippen LogP contribution in [0.3, 0.4) is 0 Å². The van der Waals surface area contributed by atoms with E-state index in [9.17, 15) is 4.79 Å². The number of nitrogens with zero attached hydrogens (tertiary/aromatic N) is 1. The number of hydrogen-bond donors (Lipinski definition) is 2. The van der Waals surface area contributed by atoms with Crippen molar-refractivity contribution in [2.24, 2.45) is 5.73 Å². The van der Waals surface area contributed by atoms with Crippen molar-refractivity contribution in [1.82, 2.24) is 0 Å². The van der Waals surface area contributed by atoms with Crippen LogP contribution in [0.5, 0.6) is 0 Å². The molecule has 1 unspecified atom stereocenters. The molecular weight excluding hydrogens is 238 g/mol. The number of carbonyl (C=O) groups excluding carboxylic acids is 1. The van der Waals surface area contributed by atoms with Crippen molar-refractivity contribution in [3.8, 4) is 0 Å². The molecule has 4 nitrogen and oxygen atoms in total. The van der Waals surface area contributed by atoms with Gasteiger partial charge in [-0.1, -0.05) is 19.1 Å². The summed E-state index contributed by atoms with van der Waals surface area (Å²) in [6.45, 7) is 5.80. The van der Waals surface area contributed by atoms with Gasteiger partial charge < -0.3 is 16.0 Å². The van der Waals surface area contributed by atoms with Crippen LogP contribution in [0.15, 0.2) is 24.3 Å². The van der Waals surface area contributed by atoms with Crippen LogP contribution in [0.4, 0.5) is 11.4 Å². The SMILES string of the molecule is CCC(C)(N)C(=O)Nc1ccccc1N1CCCC1. The Morgan fingerprint density at radius 2 is 2.00 bits per heavy atom. The predicted octanol–water partition coefficient (Wildman–Crippen LogP) is 2.35. The summed E-state index contributed by atoms with van der Waals surface area (Å²) in [7, 11) is 0. The summed E-state index contributed by atoms with van der Waals surface area (Å²) in [5.74, 6) is -0.123. The van der Waals surface area contributed by atoms with Crippen molar-refractivity contribution in [3.05, 3.63) is 24.3 Å². The fourth-order valence-electron chi connectivity index (χ4n) is 2.24. The fourth-order valence-corrected chi connectivity index (χ4v) is 2.24. The number of benzene rings is 1. The molecule has 4 heteroatoms. The van der Waals surface area contributed by atoms with Crippen LogP contribution in [0.2, 0.25) is 0 Å². The van der Waals surface area contributed by atoms with Gasteiger partial charge in [-0.25, -0.2) is 0 Å². The molecule has 0 bridgehead atoms. The van der Waals surface area contributed by atoms with Crippen molar-refractivity contribution in [3.63, 3.8) is 0 Å². The van der Waals surface area contributed by atoms with Crippen LogP contribution in [-0.2, 0) is 4.79 Å². The third kappa shape index (κ3) is 3.07. The molecule has 1 saturated heterocycles. The van der Waals surface area contributed by atoms with E-state index < -0.39 is 5.54 Å². The molecule has 1 heterocycles. The first-order chi connectivity index (χ1) is 9.04. The normalized spacial score (nSPS) is 18.2. The second-order valence-corrected chi connectivity index (χ2v) is 5.44. The maximum absolute atomic E-state index is 12.2. The van der Waals surface area contributed by atoms with Gasteiger partial charge in [0.05, 0.1) is 16.9 Å². The van der Waals surface area contributed by atoms with Crippen molar-refractivity contribution in [2.45, 2.75) is 38.6 Å². The topological polar surface area (TPSA) is 58.4 Å². The number of rotatable bonds is 4. The Labute approximate surface area is 115 Å². The number of amides is 1. The highest BCUT2D eigenvalue weighted by molar-refractivity contribution is 6.00. The largest absolute Gasteiger partial charge is 0.370 e. The Bertz CT molecular complexity index is 450. The highest BCUT2D eigenvalue weighted by Crippen LogP contribution is 2.29. The average Bonchev–Trinajstić information content (AvgIpc) is 2.93. The molecule has 1 fully saturated rings. The monoisotopic (exact) mass is 261 g/mol. The molecule has 1 aromatic rings. The van der Waals surface area contributed by atoms with Gasteiger partial charge in [0.1, 0.15) is 0 Å². The highest BCUT2D eigenvalue weighted by atomic mass is 16.2. The molecule has 1 aromatic carbocycles. The van der Waals surface area contributed by atoms with Crippen LogP contribution in [-0.4, -0.2) is 24.5 Å². The summed E-state index contributed by atoms with van der Waals surface area (Å²) < 4.78 is 0. The van der Waals surface area contributed by atoms with Crippen LogP contribution in [0, 0.1) is 0 Å². The summed E-state index contributed by atoms with van der Waals surface area (Å²) in [5, 5.41) is 2.97. The minimum Gasteiger partial charge on any atom is -0.370 e. The van der Waals surface area contributed by atoms with E-state index in [1.165, 1.54) is 12.8 Å². The van der Waals surface area contributed by atoms with Gasteiger partial charge in [0.2, 0.25) is 5.91 Å². The second-order valence-electron chi connectivity index (χ2n) is 5.44. The molecule has 1 aliphatic heterocycles. The standard InChI is InChI=1S/C15H23N3O/c1-3-15(2,16)14(19)17-12-8-4-5-9-13(12)18-10-6-7-11-18/h4-5,8-9H,3,6-7,10-11,16H2,1-2H3,(H,17,19). The molecule has 0 spiro atoms. The quantitative estimate of drug-likeness (QED) is 0.874. The molecule has 0 aliphatic carbocycles. The number of nitrogens with one attached hydrogen (secondary N) is 1. The van der Waals surface area contributed by atoms with E-state index in [1.54, 1.807) is 6.92 Å². The number of para-hydroxylation sites is 2. The smallest absolute Gasteiger partial charge is 0.244 e. The summed E-state index contributed by atoms with van der Waals surface area (Å²) in [6.07, 6.45) is 3.04. The zero-order valence-electron chi connectivity index (χ0n) is 11.8. The maximum Gasteiger partial charge on any atom is 0.244 e. The number of hydrogen-bond acceptors (Lipinski definition) is 3. The zero-order chi connectivity index (χ0) is 13.9. The van der Waals surface area contributed by atoms with Crippen LogP contribution in [0.25, 0.3) is 0 Å². The summed E-state index contributed by atoms with van der Waals surface area (Å²) in [6, 6.07) is 7.94. The first kappa shape index (κ1) is 13.9. The van der Waals surface area contributed by atoms with Gasteiger partial charge in [-0.2, -0.15) is 0 Å². The van der Waals surface area contributed by atoms with Gasteiger partial charge in [-0.05, 0) is 38.3 Å². The minimum absolute atomic E-state index is 0.123. The third-order valence-corrected chi connectivity index (χ3v) is 3.85. The van der Waals surface area contributed by atoms with Crippen molar-refractivity contribution >= 4 is 17.3 Å². The molecule has 0 saturated carbocycles. The molecule has 3 N–H and O–H groups in total. The van der Waals surface area contributed by atoms with Crippen LogP contribution >= 0.6 is 0 Å². The number of nitrogens with two attached hydrogens (primary N) is 1. The third-order valence-electron chi connectivity index (χ3n) is 3.85. The van der Waals surface area contributed by atoms with E-state index in [2.05, 4.69) is 16.3 Å². The van der Waals surface area contributed by atoms with Crippen LogP contribution in [0.1, 0.15) is 33.1 Å². The summed E-state index contributed by atoms with van der Waals surface area (Å²) in [4.78, 5) is 14.5. The lowest BCUT2D eigenvalue weighted by Crippen LogP contribution is -2.47. The van der Waals surface area contributed by atoms with E-state index in [0.29, 0.717) is 6.42 Å². The van der Waals surface area contributed by atoms with Crippen molar-refractivity contribution < 1.29 is 4.79 Å². The Morgan fingerprint density at radius 1 is 1.37 bits per heavy atom. The van der Waals surface area contributed by atoms with E-state index in [1.807, 2.05) is 25.1 Å². The first-order valence-electron chi connectivity index (χ1n) is 6.99. The van der Waals surface area contributed by atoms with Gasteiger partial charge in [0.15, 0.2) is 0 Å². The highest BCUT2D eigenvalue weighted by Gasteiger charge is 2.27. The van der Waals surface area contributed by atoms with Crippen molar-refractivity contribution in [2.75, 3.05) is 23.3 Å². The van der Waals surface area contributed by atoms with Crippen LogP contribution < -0.4 is 16.0 Å². The molecule has 0 aromatic heterocycles. The number of anilines is 2. The Morgan fingerprint density at radius 3 is 2.63 bits per heavy atom. The van der Waals surface area contributed by atoms with Crippen molar-refractivity contribution in [1.29, 1.82) is 0 Å². The van der Waals surface area contributed by atoms with Gasteiger partial charge in [-0.3, -0.25) is 4.79 Å². The Kier molecular flexibility index (Phi) is 4.10. The molecular formula is C15H23N3O. The molecule has 19 heavy (non-hydrogen) atoms. The lowest BCUT2D eigenvalue weighted by Gasteiger charge is -2.25. The number of carbonyl (C=O) groups is 1. The molecule has 1 atom stereocenters. The maximum atomic E-state index is 12.2. The average molecular weight is 261 g/mol. The van der Waals surface area contributed by atoms with Gasteiger partial charge >= 0.3 is 0 Å².